The highest BCUT2D eigenvalue weighted by molar-refractivity contribution is 5.93. The van der Waals surface area contributed by atoms with Crippen molar-refractivity contribution in [2.24, 2.45) is 0 Å². The molecule has 5 nitrogen and oxygen atoms in total. The molecule has 0 aliphatic carbocycles. The van der Waals surface area contributed by atoms with Crippen molar-refractivity contribution in [1.29, 1.82) is 0 Å². The first-order valence-corrected chi connectivity index (χ1v) is 6.97. The van der Waals surface area contributed by atoms with Gasteiger partial charge in [-0.25, -0.2) is 14.4 Å². The first-order valence-electron chi connectivity index (χ1n) is 6.97. The molecule has 0 atom stereocenters. The molecule has 0 aliphatic heterocycles. The quantitative estimate of drug-likeness (QED) is 0.804. The first-order chi connectivity index (χ1) is 11.2. The van der Waals surface area contributed by atoms with E-state index >= 15 is 0 Å². The fourth-order valence-electron chi connectivity index (χ4n) is 2.05. The Morgan fingerprint density at radius 1 is 1.04 bits per heavy atom. The Morgan fingerprint density at radius 3 is 2.52 bits per heavy atom. The van der Waals surface area contributed by atoms with E-state index in [9.17, 15) is 9.18 Å². The summed E-state index contributed by atoms with van der Waals surface area (Å²) in [6.07, 6.45) is 4.55. The molecule has 0 radical (unpaired) electrons. The Kier molecular flexibility index (Phi) is 4.33. The summed E-state index contributed by atoms with van der Waals surface area (Å²) in [5.41, 5.74) is 2.67. The number of hydrogen-bond acceptors (Lipinski definition) is 4. The zero-order chi connectivity index (χ0) is 16.1. The normalized spacial score (nSPS) is 10.3. The summed E-state index contributed by atoms with van der Waals surface area (Å²) < 4.78 is 13.0. The van der Waals surface area contributed by atoms with E-state index in [4.69, 9.17) is 0 Å². The number of nitrogens with zero attached hydrogens (tertiary/aromatic N) is 3. The number of carbonyl (C=O) groups is 1. The van der Waals surface area contributed by atoms with Crippen LogP contribution in [0.3, 0.4) is 0 Å². The number of nitrogens with one attached hydrogen (secondary N) is 1. The fourth-order valence-corrected chi connectivity index (χ4v) is 2.05. The molecular formula is C17H13FN4O. The van der Waals surface area contributed by atoms with Crippen LogP contribution >= 0.6 is 0 Å². The minimum atomic E-state index is -0.298. The Balaban J connectivity index is 1.71. The zero-order valence-corrected chi connectivity index (χ0v) is 12.1. The number of halogens is 1. The van der Waals surface area contributed by atoms with Crippen LogP contribution < -0.4 is 5.32 Å². The largest absolute Gasteiger partial charge is 0.346 e. The number of rotatable bonds is 4. The molecule has 1 N–H and O–H groups in total. The van der Waals surface area contributed by atoms with Crippen molar-refractivity contribution >= 4 is 5.91 Å². The average Bonchev–Trinajstić information content (AvgIpc) is 2.61. The highest BCUT2D eigenvalue weighted by atomic mass is 19.1. The Morgan fingerprint density at radius 2 is 1.78 bits per heavy atom. The van der Waals surface area contributed by atoms with Gasteiger partial charge >= 0.3 is 0 Å². The smallest absolute Gasteiger partial charge is 0.251 e. The molecule has 0 fully saturated rings. The third-order valence-electron chi connectivity index (χ3n) is 3.24. The molecule has 3 rings (SSSR count). The summed E-state index contributed by atoms with van der Waals surface area (Å²) in [4.78, 5) is 24.2. The van der Waals surface area contributed by atoms with Gasteiger partial charge in [0, 0.05) is 23.5 Å². The van der Waals surface area contributed by atoms with Crippen LogP contribution in [-0.2, 0) is 6.54 Å². The van der Waals surface area contributed by atoms with E-state index in [2.05, 4.69) is 20.3 Å². The van der Waals surface area contributed by atoms with Gasteiger partial charge in [-0.15, -0.1) is 0 Å². The molecule has 114 valence electrons. The zero-order valence-electron chi connectivity index (χ0n) is 12.1. The van der Waals surface area contributed by atoms with Gasteiger partial charge in [0.25, 0.3) is 5.91 Å². The van der Waals surface area contributed by atoms with Crippen LogP contribution in [0.1, 0.15) is 16.1 Å². The monoisotopic (exact) mass is 308 g/mol. The van der Waals surface area contributed by atoms with Gasteiger partial charge in [-0.3, -0.25) is 9.78 Å². The lowest BCUT2D eigenvalue weighted by molar-refractivity contribution is 0.0950. The van der Waals surface area contributed by atoms with E-state index in [-0.39, 0.29) is 18.3 Å². The molecule has 0 aliphatic rings. The second-order valence-corrected chi connectivity index (χ2v) is 4.82. The lowest BCUT2D eigenvalue weighted by atomic mass is 10.1. The fraction of sp³-hybridized carbons (Fsp3) is 0.0588. The second kappa shape index (κ2) is 6.74. The summed E-state index contributed by atoms with van der Waals surface area (Å²) in [6.45, 7) is 0.276. The van der Waals surface area contributed by atoms with Crippen molar-refractivity contribution in [1.82, 2.24) is 20.3 Å². The van der Waals surface area contributed by atoms with Crippen molar-refractivity contribution in [3.05, 3.63) is 78.3 Å². The minimum Gasteiger partial charge on any atom is -0.346 e. The molecule has 2 heterocycles. The maximum absolute atomic E-state index is 13.0. The Hall–Kier alpha value is -3.15. The van der Waals surface area contributed by atoms with Gasteiger partial charge in [0.05, 0.1) is 17.9 Å². The molecule has 3 aromatic rings. The molecule has 23 heavy (non-hydrogen) atoms. The van der Waals surface area contributed by atoms with Gasteiger partial charge in [-0.1, -0.05) is 0 Å². The average molecular weight is 308 g/mol. The maximum Gasteiger partial charge on any atom is 0.251 e. The first kappa shape index (κ1) is 14.8. The molecule has 0 bridgehead atoms. The Labute approximate surface area is 132 Å². The predicted octanol–water partition coefficient (Wildman–Crippen LogP) is 2.61. The third kappa shape index (κ3) is 3.74. The molecule has 1 aromatic carbocycles. The summed E-state index contributed by atoms with van der Waals surface area (Å²) in [5.74, 6) is -0.498. The van der Waals surface area contributed by atoms with Crippen LogP contribution in [-0.4, -0.2) is 20.9 Å². The number of carbonyl (C=O) groups excluding carboxylic acids is 1. The van der Waals surface area contributed by atoms with E-state index < -0.39 is 0 Å². The van der Waals surface area contributed by atoms with E-state index in [1.807, 2.05) is 0 Å². The van der Waals surface area contributed by atoms with Crippen molar-refractivity contribution in [2.75, 3.05) is 0 Å². The van der Waals surface area contributed by atoms with Crippen LogP contribution in [0.5, 0.6) is 0 Å². The van der Waals surface area contributed by atoms with Crippen molar-refractivity contribution in [3.63, 3.8) is 0 Å². The lowest BCUT2D eigenvalue weighted by Gasteiger charge is -2.06. The topological polar surface area (TPSA) is 67.8 Å². The molecule has 6 heteroatoms. The van der Waals surface area contributed by atoms with E-state index in [0.717, 1.165) is 5.56 Å². The highest BCUT2D eigenvalue weighted by Crippen LogP contribution is 2.17. The maximum atomic E-state index is 13.0. The molecule has 1 amide bonds. The predicted molar refractivity (Wildman–Crippen MR) is 82.8 cm³/mol. The van der Waals surface area contributed by atoms with Crippen LogP contribution in [0.25, 0.3) is 11.3 Å². The van der Waals surface area contributed by atoms with E-state index in [0.29, 0.717) is 17.0 Å². The molecule has 2 aromatic heterocycles. The number of benzene rings is 1. The molecule has 0 unspecified atom stereocenters. The van der Waals surface area contributed by atoms with E-state index in [1.54, 1.807) is 42.7 Å². The van der Waals surface area contributed by atoms with E-state index in [1.165, 1.54) is 18.5 Å². The summed E-state index contributed by atoms with van der Waals surface area (Å²) >= 11 is 0. The van der Waals surface area contributed by atoms with Crippen LogP contribution in [0.15, 0.2) is 61.2 Å². The van der Waals surface area contributed by atoms with Gasteiger partial charge in [0.1, 0.15) is 12.1 Å². The Bertz CT molecular complexity index is 806. The highest BCUT2D eigenvalue weighted by Gasteiger charge is 2.06. The van der Waals surface area contributed by atoms with Gasteiger partial charge in [-0.05, 0) is 42.5 Å². The van der Waals surface area contributed by atoms with Crippen LogP contribution in [0.4, 0.5) is 4.39 Å². The molecule has 0 saturated carbocycles. The van der Waals surface area contributed by atoms with Gasteiger partial charge in [0.2, 0.25) is 0 Å². The lowest BCUT2D eigenvalue weighted by Crippen LogP contribution is -2.23. The van der Waals surface area contributed by atoms with Crippen molar-refractivity contribution < 1.29 is 9.18 Å². The van der Waals surface area contributed by atoms with Gasteiger partial charge in [-0.2, -0.15) is 0 Å². The molecule has 0 saturated heterocycles. The number of hydrogen-bond donors (Lipinski definition) is 1. The third-order valence-corrected chi connectivity index (χ3v) is 3.24. The standard InChI is InChI=1S/C17H13FN4O/c18-14-3-1-12(2-4-14)16-9-15(21-11-22-16)10-20-17(23)13-5-7-19-8-6-13/h1-9,11H,10H2,(H,20,23). The van der Waals surface area contributed by atoms with Crippen molar-refractivity contribution in [3.8, 4) is 11.3 Å². The number of aromatic nitrogens is 3. The summed E-state index contributed by atoms with van der Waals surface area (Å²) in [6, 6.07) is 11.1. The minimum absolute atomic E-state index is 0.200. The van der Waals surface area contributed by atoms with Gasteiger partial charge in [0.15, 0.2) is 0 Å². The second-order valence-electron chi connectivity index (χ2n) is 4.82. The van der Waals surface area contributed by atoms with Crippen LogP contribution in [0, 0.1) is 5.82 Å². The van der Waals surface area contributed by atoms with Crippen molar-refractivity contribution in [2.45, 2.75) is 6.54 Å². The molecule has 0 spiro atoms. The summed E-state index contributed by atoms with van der Waals surface area (Å²) in [7, 11) is 0. The molecular weight excluding hydrogens is 295 g/mol. The van der Waals surface area contributed by atoms with Gasteiger partial charge < -0.3 is 5.32 Å². The number of amides is 1. The number of pyridine rings is 1. The van der Waals surface area contributed by atoms with Crippen LogP contribution in [0.2, 0.25) is 0 Å². The SMILES string of the molecule is O=C(NCc1cc(-c2ccc(F)cc2)ncn1)c1ccncc1. The summed E-state index contributed by atoms with van der Waals surface area (Å²) in [5, 5.41) is 2.79.